The van der Waals surface area contributed by atoms with Gasteiger partial charge >= 0.3 is 0 Å². The summed E-state index contributed by atoms with van der Waals surface area (Å²) < 4.78 is 0. The van der Waals surface area contributed by atoms with Crippen LogP contribution >= 0.6 is 11.3 Å². The van der Waals surface area contributed by atoms with Crippen molar-refractivity contribution in [3.05, 3.63) is 71.5 Å². The van der Waals surface area contributed by atoms with E-state index in [0.717, 1.165) is 22.7 Å². The summed E-state index contributed by atoms with van der Waals surface area (Å²) in [5.41, 5.74) is 3.04. The normalized spacial score (nSPS) is 12.1. The van der Waals surface area contributed by atoms with Crippen LogP contribution in [0, 0.1) is 0 Å². The summed E-state index contributed by atoms with van der Waals surface area (Å²) in [4.78, 5) is 23.2. The quantitative estimate of drug-likeness (QED) is 0.653. The van der Waals surface area contributed by atoms with Crippen LogP contribution in [0.3, 0.4) is 0 Å². The number of likely N-dealkylation sites (N-methyl/N-ethyl adjacent to an activating group) is 1. The molecule has 0 saturated heterocycles. The van der Waals surface area contributed by atoms with Crippen LogP contribution < -0.4 is 5.32 Å². The summed E-state index contributed by atoms with van der Waals surface area (Å²) in [6, 6.07) is 14.5. The number of carbonyl (C=O) groups is 1. The van der Waals surface area contributed by atoms with Gasteiger partial charge < -0.3 is 10.2 Å². The maximum atomic E-state index is 12.4. The number of aromatic nitrogens is 2. The highest BCUT2D eigenvalue weighted by atomic mass is 32.1. The molecule has 0 fully saturated rings. The van der Waals surface area contributed by atoms with Crippen LogP contribution in [0.25, 0.3) is 10.6 Å². The maximum Gasteiger partial charge on any atom is 0.226 e. The minimum absolute atomic E-state index is 0.00190. The van der Waals surface area contributed by atoms with Gasteiger partial charge in [0.15, 0.2) is 0 Å². The average Bonchev–Trinajstić information content (AvgIpc) is 3.15. The molecule has 0 saturated carbocycles. The second-order valence-corrected chi connectivity index (χ2v) is 7.53. The van der Waals surface area contributed by atoms with E-state index in [0.29, 0.717) is 13.0 Å². The molecule has 0 aliphatic heterocycles. The molecular weight excluding hydrogens is 356 g/mol. The third-order valence-corrected chi connectivity index (χ3v) is 5.32. The van der Waals surface area contributed by atoms with Crippen LogP contribution in [-0.2, 0) is 17.6 Å². The molecule has 1 unspecified atom stereocenters. The predicted molar refractivity (Wildman–Crippen MR) is 110 cm³/mol. The number of amides is 1. The second kappa shape index (κ2) is 9.39. The third-order valence-electron chi connectivity index (χ3n) is 4.38. The molecule has 3 rings (SSSR count). The smallest absolute Gasteiger partial charge is 0.226 e. The molecule has 0 aliphatic rings. The van der Waals surface area contributed by atoms with Crippen molar-refractivity contribution in [2.24, 2.45) is 0 Å². The van der Waals surface area contributed by atoms with Gasteiger partial charge in [-0.2, -0.15) is 0 Å². The Balaban J connectivity index is 1.53. The minimum atomic E-state index is -0.00190. The molecule has 0 radical (unpaired) electrons. The standard InChI is InChI=1S/C21H24N4OS/c1-25(2)19(11-16-7-4-3-5-8-16)14-23-20(26)12-18-15-27-21(24-18)17-9-6-10-22-13-17/h3-10,13,15,19H,11-12,14H2,1-2H3,(H,23,26). The molecule has 0 spiro atoms. The molecule has 1 atom stereocenters. The van der Waals surface area contributed by atoms with E-state index in [1.165, 1.54) is 16.9 Å². The van der Waals surface area contributed by atoms with Gasteiger partial charge in [-0.3, -0.25) is 9.78 Å². The third kappa shape index (κ3) is 5.70. The number of hydrogen-bond acceptors (Lipinski definition) is 5. The highest BCUT2D eigenvalue weighted by molar-refractivity contribution is 7.13. The Morgan fingerprint density at radius 3 is 2.70 bits per heavy atom. The van der Waals surface area contributed by atoms with Gasteiger partial charge in [0.1, 0.15) is 5.01 Å². The van der Waals surface area contributed by atoms with Crippen molar-refractivity contribution in [2.75, 3.05) is 20.6 Å². The van der Waals surface area contributed by atoms with Gasteiger partial charge in [-0.15, -0.1) is 11.3 Å². The van der Waals surface area contributed by atoms with E-state index in [-0.39, 0.29) is 11.9 Å². The highest BCUT2D eigenvalue weighted by Crippen LogP contribution is 2.22. The number of carbonyl (C=O) groups excluding carboxylic acids is 1. The van der Waals surface area contributed by atoms with Crippen molar-refractivity contribution in [3.8, 4) is 10.6 Å². The fraction of sp³-hybridized carbons (Fsp3) is 0.286. The maximum absolute atomic E-state index is 12.4. The molecule has 1 N–H and O–H groups in total. The zero-order chi connectivity index (χ0) is 19.1. The summed E-state index contributed by atoms with van der Waals surface area (Å²) >= 11 is 1.54. The number of nitrogens with one attached hydrogen (secondary N) is 1. The van der Waals surface area contributed by atoms with E-state index < -0.39 is 0 Å². The van der Waals surface area contributed by atoms with E-state index >= 15 is 0 Å². The number of thiazole rings is 1. The highest BCUT2D eigenvalue weighted by Gasteiger charge is 2.15. The first-order valence-electron chi connectivity index (χ1n) is 8.93. The molecular formula is C21H24N4OS. The van der Waals surface area contributed by atoms with Crippen molar-refractivity contribution in [1.29, 1.82) is 0 Å². The van der Waals surface area contributed by atoms with E-state index in [9.17, 15) is 4.79 Å². The number of pyridine rings is 1. The van der Waals surface area contributed by atoms with Crippen molar-refractivity contribution < 1.29 is 4.79 Å². The largest absolute Gasteiger partial charge is 0.354 e. The number of hydrogen-bond donors (Lipinski definition) is 1. The molecule has 5 nitrogen and oxygen atoms in total. The minimum Gasteiger partial charge on any atom is -0.354 e. The Morgan fingerprint density at radius 2 is 2.00 bits per heavy atom. The lowest BCUT2D eigenvalue weighted by Gasteiger charge is -2.24. The van der Waals surface area contributed by atoms with Crippen LogP contribution in [0.4, 0.5) is 0 Å². The zero-order valence-electron chi connectivity index (χ0n) is 15.6. The van der Waals surface area contributed by atoms with Crippen molar-refractivity contribution in [3.63, 3.8) is 0 Å². The van der Waals surface area contributed by atoms with Gasteiger partial charge in [0.25, 0.3) is 0 Å². The second-order valence-electron chi connectivity index (χ2n) is 6.67. The summed E-state index contributed by atoms with van der Waals surface area (Å²) in [5.74, 6) is -0.00190. The van der Waals surface area contributed by atoms with Crippen molar-refractivity contribution in [2.45, 2.75) is 18.9 Å². The van der Waals surface area contributed by atoms with E-state index in [1.54, 1.807) is 12.4 Å². The topological polar surface area (TPSA) is 58.1 Å². The number of rotatable bonds is 8. The molecule has 2 aromatic heterocycles. The first-order valence-corrected chi connectivity index (χ1v) is 9.81. The van der Waals surface area contributed by atoms with Gasteiger partial charge in [-0.05, 0) is 38.2 Å². The molecule has 3 aromatic rings. The van der Waals surface area contributed by atoms with Gasteiger partial charge in [-0.1, -0.05) is 30.3 Å². The van der Waals surface area contributed by atoms with Crippen LogP contribution in [0.15, 0.2) is 60.2 Å². The van der Waals surface area contributed by atoms with Gasteiger partial charge in [-0.25, -0.2) is 4.98 Å². The molecule has 140 valence electrons. The van der Waals surface area contributed by atoms with E-state index in [2.05, 4.69) is 32.3 Å². The monoisotopic (exact) mass is 380 g/mol. The van der Waals surface area contributed by atoms with Crippen molar-refractivity contribution >= 4 is 17.2 Å². The first kappa shape index (κ1) is 19.2. The summed E-state index contributed by atoms with van der Waals surface area (Å²) in [6.07, 6.45) is 4.72. The Labute approximate surface area is 164 Å². The first-order chi connectivity index (χ1) is 13.1. The molecule has 2 heterocycles. The number of benzene rings is 1. The Bertz CT molecular complexity index is 849. The van der Waals surface area contributed by atoms with Gasteiger partial charge in [0.05, 0.1) is 12.1 Å². The van der Waals surface area contributed by atoms with Crippen molar-refractivity contribution in [1.82, 2.24) is 20.2 Å². The van der Waals surface area contributed by atoms with E-state index in [1.807, 2.05) is 49.8 Å². The molecule has 1 amide bonds. The van der Waals surface area contributed by atoms with Crippen LogP contribution in [0.2, 0.25) is 0 Å². The lowest BCUT2D eigenvalue weighted by atomic mass is 10.1. The Morgan fingerprint density at radius 1 is 1.19 bits per heavy atom. The van der Waals surface area contributed by atoms with Crippen LogP contribution in [-0.4, -0.2) is 47.5 Å². The molecule has 0 bridgehead atoms. The predicted octanol–water partition coefficient (Wildman–Crippen LogP) is 3.04. The lowest BCUT2D eigenvalue weighted by molar-refractivity contribution is -0.120. The molecule has 0 aliphatic carbocycles. The average molecular weight is 381 g/mol. The van der Waals surface area contributed by atoms with E-state index in [4.69, 9.17) is 0 Å². The van der Waals surface area contributed by atoms with Gasteiger partial charge in [0.2, 0.25) is 5.91 Å². The summed E-state index contributed by atoms with van der Waals surface area (Å²) in [6.45, 7) is 0.611. The fourth-order valence-corrected chi connectivity index (χ4v) is 3.60. The fourth-order valence-electron chi connectivity index (χ4n) is 2.79. The Kier molecular flexibility index (Phi) is 6.68. The lowest BCUT2D eigenvalue weighted by Crippen LogP contribution is -2.42. The molecule has 27 heavy (non-hydrogen) atoms. The van der Waals surface area contributed by atoms with Gasteiger partial charge in [0, 0.05) is 35.9 Å². The zero-order valence-corrected chi connectivity index (χ0v) is 16.4. The number of nitrogens with zero attached hydrogens (tertiary/aromatic N) is 3. The summed E-state index contributed by atoms with van der Waals surface area (Å²) in [5, 5.41) is 5.88. The van der Waals surface area contributed by atoms with Crippen LogP contribution in [0.1, 0.15) is 11.3 Å². The molecule has 6 heteroatoms. The SMILES string of the molecule is CN(C)C(CNC(=O)Cc1csc(-c2cccnc2)n1)Cc1ccccc1. The summed E-state index contributed by atoms with van der Waals surface area (Å²) in [7, 11) is 4.08. The Hall–Kier alpha value is -2.57. The molecule has 1 aromatic carbocycles. The van der Waals surface area contributed by atoms with Crippen LogP contribution in [0.5, 0.6) is 0 Å².